The third-order valence-electron chi connectivity index (χ3n) is 5.14. The van der Waals surface area contributed by atoms with Gasteiger partial charge in [0.2, 0.25) is 0 Å². The molecular weight excluding hydrogens is 524 g/mol. The van der Waals surface area contributed by atoms with Gasteiger partial charge in [0.15, 0.2) is 0 Å². The van der Waals surface area contributed by atoms with Gasteiger partial charge in [0, 0.05) is 17.7 Å². The summed E-state index contributed by atoms with van der Waals surface area (Å²) in [5, 5.41) is 0. The van der Waals surface area contributed by atoms with E-state index in [1.54, 1.807) is 74.5 Å². The zero-order chi connectivity index (χ0) is 30.5. The standard InChI is InChI=1S/C29H24O7.C4H6O/c1-6-26(30)34-22-12-8-19(9-13-22)21-16-24(33-5)28(25(17-21)36-29(32)18(3)4)20-10-14-23(15-11-20)35-27(31)7-2;1-4(2)3-5/h6-17H,1-3H2,4-5H3;3H,1H2,2H3. The van der Waals surface area contributed by atoms with Crippen molar-refractivity contribution in [3.8, 4) is 45.3 Å². The van der Waals surface area contributed by atoms with Crippen LogP contribution in [0.15, 0.2) is 110 Å². The van der Waals surface area contributed by atoms with Crippen molar-refractivity contribution in [3.05, 3.63) is 110 Å². The molecular formula is C33H30O8. The van der Waals surface area contributed by atoms with Crippen LogP contribution < -0.4 is 18.9 Å². The van der Waals surface area contributed by atoms with Crippen molar-refractivity contribution in [2.75, 3.05) is 7.11 Å². The van der Waals surface area contributed by atoms with Crippen molar-refractivity contribution in [2.45, 2.75) is 13.8 Å². The maximum absolute atomic E-state index is 12.4. The molecule has 0 amide bonds. The predicted octanol–water partition coefficient (Wildman–Crippen LogP) is 6.45. The molecule has 0 spiro atoms. The Morgan fingerprint density at radius 2 is 1.12 bits per heavy atom. The highest BCUT2D eigenvalue weighted by Crippen LogP contribution is 2.43. The van der Waals surface area contributed by atoms with Gasteiger partial charge in [0.1, 0.15) is 29.3 Å². The number of rotatable bonds is 10. The highest BCUT2D eigenvalue weighted by Gasteiger charge is 2.19. The first-order valence-electron chi connectivity index (χ1n) is 12.1. The first kappa shape index (κ1) is 31.7. The van der Waals surface area contributed by atoms with Crippen LogP contribution in [-0.4, -0.2) is 31.3 Å². The van der Waals surface area contributed by atoms with Crippen molar-refractivity contribution < 1.29 is 38.1 Å². The van der Waals surface area contributed by atoms with E-state index in [9.17, 15) is 19.2 Å². The van der Waals surface area contributed by atoms with Crippen LogP contribution in [0.1, 0.15) is 13.8 Å². The van der Waals surface area contributed by atoms with E-state index in [1.165, 1.54) is 7.11 Å². The second kappa shape index (κ2) is 15.2. The minimum Gasteiger partial charge on any atom is -0.496 e. The van der Waals surface area contributed by atoms with E-state index in [2.05, 4.69) is 26.3 Å². The molecule has 0 saturated heterocycles. The first-order valence-corrected chi connectivity index (χ1v) is 12.1. The Labute approximate surface area is 238 Å². The fourth-order valence-corrected chi connectivity index (χ4v) is 3.19. The van der Waals surface area contributed by atoms with Crippen LogP contribution in [0.25, 0.3) is 22.3 Å². The summed E-state index contributed by atoms with van der Waals surface area (Å²) < 4.78 is 21.6. The zero-order valence-electron chi connectivity index (χ0n) is 23.1. The second-order valence-electron chi connectivity index (χ2n) is 8.48. The molecule has 0 fully saturated rings. The fourth-order valence-electron chi connectivity index (χ4n) is 3.19. The van der Waals surface area contributed by atoms with E-state index in [1.807, 2.05) is 0 Å². The SMILES string of the molecule is C=C(C)C=O.C=CC(=O)Oc1ccc(-c2cc(OC)c(-c3ccc(OC(=O)C=C)cc3)c(OC(=O)C(=C)C)c2)cc1. The van der Waals surface area contributed by atoms with Crippen molar-refractivity contribution in [1.29, 1.82) is 0 Å². The van der Waals surface area contributed by atoms with Crippen molar-refractivity contribution in [1.82, 2.24) is 0 Å². The number of hydrogen-bond acceptors (Lipinski definition) is 8. The molecule has 3 rings (SSSR count). The Bertz CT molecular complexity index is 1480. The van der Waals surface area contributed by atoms with Gasteiger partial charge in [-0.05, 0) is 72.5 Å². The summed E-state index contributed by atoms with van der Waals surface area (Å²) >= 11 is 0. The number of carbonyl (C=O) groups is 4. The summed E-state index contributed by atoms with van der Waals surface area (Å²) in [4.78, 5) is 44.8. The number of hydrogen-bond donors (Lipinski definition) is 0. The average Bonchev–Trinajstić information content (AvgIpc) is 2.97. The molecule has 8 nitrogen and oxygen atoms in total. The minimum atomic E-state index is -0.598. The number of ether oxygens (including phenoxy) is 4. The van der Waals surface area contributed by atoms with Gasteiger partial charge in [0.25, 0.3) is 0 Å². The summed E-state index contributed by atoms with van der Waals surface area (Å²) in [6.07, 6.45) is 2.87. The van der Waals surface area contributed by atoms with E-state index in [0.29, 0.717) is 39.5 Å². The Kier molecular flexibility index (Phi) is 11.7. The highest BCUT2D eigenvalue weighted by atomic mass is 16.5. The maximum atomic E-state index is 12.4. The smallest absolute Gasteiger partial charge is 0.338 e. The number of aldehydes is 1. The van der Waals surface area contributed by atoms with Crippen LogP contribution in [0.3, 0.4) is 0 Å². The Balaban J connectivity index is 0.00000108. The van der Waals surface area contributed by atoms with Crippen LogP contribution in [0.5, 0.6) is 23.0 Å². The molecule has 0 saturated carbocycles. The van der Waals surface area contributed by atoms with Crippen LogP contribution in [0.2, 0.25) is 0 Å². The monoisotopic (exact) mass is 554 g/mol. The lowest BCUT2D eigenvalue weighted by Crippen LogP contribution is -2.09. The van der Waals surface area contributed by atoms with E-state index in [4.69, 9.17) is 18.9 Å². The third kappa shape index (κ3) is 9.33. The van der Waals surface area contributed by atoms with Gasteiger partial charge in [-0.2, -0.15) is 0 Å². The molecule has 0 aliphatic carbocycles. The summed E-state index contributed by atoms with van der Waals surface area (Å²) in [7, 11) is 1.50. The molecule has 41 heavy (non-hydrogen) atoms. The van der Waals surface area contributed by atoms with Crippen molar-refractivity contribution in [2.24, 2.45) is 0 Å². The Morgan fingerprint density at radius 3 is 1.51 bits per heavy atom. The molecule has 3 aromatic carbocycles. The molecule has 0 unspecified atom stereocenters. The molecule has 8 heteroatoms. The molecule has 0 N–H and O–H groups in total. The largest absolute Gasteiger partial charge is 0.496 e. The summed E-state index contributed by atoms with van der Waals surface area (Å²) in [5.41, 5.74) is 3.44. The van der Waals surface area contributed by atoms with Gasteiger partial charge >= 0.3 is 17.9 Å². The quantitative estimate of drug-likeness (QED) is 0.122. The Hall–Kier alpha value is -5.50. The first-order chi connectivity index (χ1) is 19.5. The summed E-state index contributed by atoms with van der Waals surface area (Å²) in [6.45, 7) is 16.9. The number of benzene rings is 3. The molecule has 0 radical (unpaired) electrons. The molecule has 210 valence electrons. The lowest BCUT2D eigenvalue weighted by atomic mass is 9.97. The van der Waals surface area contributed by atoms with Gasteiger partial charge in [-0.15, -0.1) is 0 Å². The summed E-state index contributed by atoms with van der Waals surface area (Å²) in [5.74, 6) is -0.363. The van der Waals surface area contributed by atoms with E-state index >= 15 is 0 Å². The van der Waals surface area contributed by atoms with Crippen molar-refractivity contribution >= 4 is 24.2 Å². The van der Waals surface area contributed by atoms with Crippen LogP contribution >= 0.6 is 0 Å². The number of allylic oxidation sites excluding steroid dienone is 1. The topological polar surface area (TPSA) is 105 Å². The Morgan fingerprint density at radius 1 is 0.683 bits per heavy atom. The van der Waals surface area contributed by atoms with Crippen LogP contribution in [0, 0.1) is 0 Å². The second-order valence-corrected chi connectivity index (χ2v) is 8.48. The molecule has 0 heterocycles. The molecule has 0 bridgehead atoms. The fraction of sp³-hybridized carbons (Fsp3) is 0.0909. The molecule has 0 aliphatic rings. The maximum Gasteiger partial charge on any atom is 0.338 e. The molecule has 0 atom stereocenters. The van der Waals surface area contributed by atoms with Gasteiger partial charge in [-0.1, -0.05) is 50.6 Å². The van der Waals surface area contributed by atoms with Gasteiger partial charge < -0.3 is 18.9 Å². The lowest BCUT2D eigenvalue weighted by molar-refractivity contribution is -0.130. The lowest BCUT2D eigenvalue weighted by Gasteiger charge is -2.17. The zero-order valence-corrected chi connectivity index (χ0v) is 23.1. The average molecular weight is 555 g/mol. The normalized spacial score (nSPS) is 9.63. The molecule has 0 aromatic heterocycles. The van der Waals surface area contributed by atoms with Crippen LogP contribution in [0.4, 0.5) is 0 Å². The van der Waals surface area contributed by atoms with Gasteiger partial charge in [-0.25, -0.2) is 14.4 Å². The van der Waals surface area contributed by atoms with Crippen LogP contribution in [-0.2, 0) is 19.2 Å². The number of methoxy groups -OCH3 is 1. The van der Waals surface area contributed by atoms with E-state index in [-0.39, 0.29) is 11.3 Å². The van der Waals surface area contributed by atoms with Gasteiger partial charge in [0.05, 0.1) is 12.7 Å². The van der Waals surface area contributed by atoms with E-state index < -0.39 is 17.9 Å². The molecule has 3 aromatic rings. The third-order valence-corrected chi connectivity index (χ3v) is 5.14. The highest BCUT2D eigenvalue weighted by molar-refractivity contribution is 5.92. The van der Waals surface area contributed by atoms with E-state index in [0.717, 1.165) is 24.0 Å². The van der Waals surface area contributed by atoms with Crippen molar-refractivity contribution in [3.63, 3.8) is 0 Å². The number of esters is 3. The summed E-state index contributed by atoms with van der Waals surface area (Å²) in [6, 6.07) is 16.9. The number of carbonyl (C=O) groups excluding carboxylic acids is 4. The predicted molar refractivity (Wildman–Crippen MR) is 157 cm³/mol. The minimum absolute atomic E-state index is 0.227. The van der Waals surface area contributed by atoms with Gasteiger partial charge in [-0.3, -0.25) is 4.79 Å². The molecule has 0 aliphatic heterocycles.